The SMILES string of the molecule is CC/C=C\C/C=C\C/C=C\C/C=C\C/C=C\C/C=C\CCC(=O)OCC(COC1OC(C(=O)O)C(O)C(O)C1OC(=O)CCCCCCC/C=C\CCCCCC)OC(=O)CCCCCCCC/C=C\C/C=C\C/C=C\CCCCC. The quantitative estimate of drug-likeness (QED) is 0.0228. The first-order valence-electron chi connectivity index (χ1n) is 31.5. The summed E-state index contributed by atoms with van der Waals surface area (Å²) in [5.41, 5.74) is 0. The first kappa shape index (κ1) is 74.1. The van der Waals surface area contributed by atoms with Crippen LogP contribution in [-0.4, -0.2) is 89.2 Å². The summed E-state index contributed by atoms with van der Waals surface area (Å²) >= 11 is 0. The minimum Gasteiger partial charge on any atom is -0.479 e. The molecule has 0 amide bonds. The number of unbranched alkanes of at least 4 members (excludes halogenated alkanes) is 18. The van der Waals surface area contributed by atoms with Gasteiger partial charge in [0.1, 0.15) is 18.8 Å². The summed E-state index contributed by atoms with van der Waals surface area (Å²) in [7, 11) is 0. The zero-order valence-corrected chi connectivity index (χ0v) is 50.5. The summed E-state index contributed by atoms with van der Waals surface area (Å²) in [5, 5.41) is 31.5. The van der Waals surface area contributed by atoms with Crippen LogP contribution < -0.4 is 0 Å². The molecule has 1 rings (SSSR count). The molecule has 0 spiro atoms. The van der Waals surface area contributed by atoms with Gasteiger partial charge in [0, 0.05) is 19.3 Å². The van der Waals surface area contributed by atoms with Crippen LogP contribution in [-0.2, 0) is 42.9 Å². The summed E-state index contributed by atoms with van der Waals surface area (Å²) in [4.78, 5) is 51.2. The Kier molecular flexibility index (Phi) is 50.9. The van der Waals surface area contributed by atoms with E-state index in [0.29, 0.717) is 19.3 Å². The van der Waals surface area contributed by atoms with Crippen LogP contribution in [0.15, 0.2) is 122 Å². The molecule has 0 radical (unpaired) electrons. The number of carbonyl (C=O) groups excluding carboxylic acids is 3. The molecule has 3 N–H and O–H groups in total. The number of hydrogen-bond donors (Lipinski definition) is 3. The van der Waals surface area contributed by atoms with E-state index in [1.807, 2.05) is 12.2 Å². The number of rotatable bonds is 52. The van der Waals surface area contributed by atoms with Crippen LogP contribution in [0.1, 0.15) is 239 Å². The fraction of sp³-hybridized carbons (Fsp3) is 0.652. The monoisotopic (exact) mass is 1130 g/mol. The van der Waals surface area contributed by atoms with Crippen molar-refractivity contribution in [3.05, 3.63) is 122 Å². The Bertz CT molecular complexity index is 1870. The molecule has 1 aliphatic rings. The highest BCUT2D eigenvalue weighted by Crippen LogP contribution is 2.26. The molecule has 1 aliphatic heterocycles. The van der Waals surface area contributed by atoms with Crippen molar-refractivity contribution in [3.8, 4) is 0 Å². The lowest BCUT2D eigenvalue weighted by Crippen LogP contribution is -2.61. The number of hydrogen-bond acceptors (Lipinski definition) is 11. The zero-order valence-electron chi connectivity index (χ0n) is 50.5. The predicted octanol–water partition coefficient (Wildman–Crippen LogP) is 16.8. The van der Waals surface area contributed by atoms with E-state index in [1.165, 1.54) is 51.4 Å². The van der Waals surface area contributed by atoms with Crippen molar-refractivity contribution < 1.29 is 58.2 Å². The summed E-state index contributed by atoms with van der Waals surface area (Å²) in [6.45, 7) is 5.75. The molecular weight excluding hydrogens is 1020 g/mol. The molecule has 0 aromatic heterocycles. The van der Waals surface area contributed by atoms with E-state index in [-0.39, 0.29) is 25.9 Å². The minimum absolute atomic E-state index is 0.0358. The number of carbonyl (C=O) groups is 4. The maximum atomic E-state index is 13.2. The highest BCUT2D eigenvalue weighted by Gasteiger charge is 2.50. The molecule has 12 heteroatoms. The maximum absolute atomic E-state index is 13.2. The largest absolute Gasteiger partial charge is 0.479 e. The van der Waals surface area contributed by atoms with Gasteiger partial charge in [0.15, 0.2) is 24.6 Å². The zero-order chi connectivity index (χ0) is 58.9. The van der Waals surface area contributed by atoms with Crippen LogP contribution >= 0.6 is 0 Å². The number of allylic oxidation sites excluding steroid dienone is 20. The second-order valence-corrected chi connectivity index (χ2v) is 20.9. The van der Waals surface area contributed by atoms with E-state index in [0.717, 1.165) is 128 Å². The molecule has 12 nitrogen and oxygen atoms in total. The van der Waals surface area contributed by atoms with Gasteiger partial charge in [-0.15, -0.1) is 0 Å². The van der Waals surface area contributed by atoms with Crippen LogP contribution in [0.2, 0.25) is 0 Å². The van der Waals surface area contributed by atoms with E-state index < -0.39 is 67.3 Å². The second kappa shape index (κ2) is 55.6. The molecule has 6 atom stereocenters. The summed E-state index contributed by atoms with van der Waals surface area (Å²) in [6, 6.07) is 0. The number of aliphatic carboxylic acids is 1. The van der Waals surface area contributed by atoms with Gasteiger partial charge in [-0.2, -0.15) is 0 Å². The van der Waals surface area contributed by atoms with Gasteiger partial charge in [0.05, 0.1) is 6.61 Å². The smallest absolute Gasteiger partial charge is 0.335 e. The fourth-order valence-electron chi connectivity index (χ4n) is 8.69. The van der Waals surface area contributed by atoms with Gasteiger partial charge >= 0.3 is 23.9 Å². The first-order chi connectivity index (χ1) is 39.6. The minimum atomic E-state index is -1.92. The highest BCUT2D eigenvalue weighted by molar-refractivity contribution is 5.74. The Morgan fingerprint density at radius 2 is 0.802 bits per heavy atom. The van der Waals surface area contributed by atoms with E-state index in [2.05, 4.69) is 130 Å². The molecule has 0 aromatic rings. The number of esters is 3. The Morgan fingerprint density at radius 1 is 0.420 bits per heavy atom. The predicted molar refractivity (Wildman–Crippen MR) is 330 cm³/mol. The fourth-order valence-corrected chi connectivity index (χ4v) is 8.69. The van der Waals surface area contributed by atoms with Crippen molar-refractivity contribution in [1.82, 2.24) is 0 Å². The Morgan fingerprint density at radius 3 is 1.27 bits per heavy atom. The lowest BCUT2D eigenvalue weighted by atomic mass is 9.98. The molecule has 1 saturated heterocycles. The van der Waals surface area contributed by atoms with Gasteiger partial charge in [0.25, 0.3) is 0 Å². The lowest BCUT2D eigenvalue weighted by molar-refractivity contribution is -0.301. The molecule has 81 heavy (non-hydrogen) atoms. The topological polar surface area (TPSA) is 175 Å². The highest BCUT2D eigenvalue weighted by atomic mass is 16.7. The number of carboxylic acid groups (broad SMARTS) is 1. The molecule has 0 aliphatic carbocycles. The normalized spacial score (nSPS) is 18.6. The summed E-state index contributed by atoms with van der Waals surface area (Å²) in [6.07, 6.45) is 64.6. The average molecular weight is 1130 g/mol. The van der Waals surface area contributed by atoms with Crippen molar-refractivity contribution >= 4 is 23.9 Å². The lowest BCUT2D eigenvalue weighted by Gasteiger charge is -2.40. The van der Waals surface area contributed by atoms with Gasteiger partial charge < -0.3 is 39.0 Å². The van der Waals surface area contributed by atoms with Gasteiger partial charge in [-0.1, -0.05) is 219 Å². The van der Waals surface area contributed by atoms with E-state index in [9.17, 15) is 34.5 Å². The van der Waals surface area contributed by atoms with Crippen LogP contribution in [0.4, 0.5) is 0 Å². The number of aliphatic hydroxyl groups is 2. The molecule has 1 fully saturated rings. The third-order valence-electron chi connectivity index (χ3n) is 13.5. The van der Waals surface area contributed by atoms with Crippen LogP contribution in [0.5, 0.6) is 0 Å². The van der Waals surface area contributed by atoms with Gasteiger partial charge in [0.2, 0.25) is 0 Å². The molecular formula is C69H110O12. The van der Waals surface area contributed by atoms with E-state index in [4.69, 9.17) is 23.7 Å². The maximum Gasteiger partial charge on any atom is 0.335 e. The number of aliphatic hydroxyl groups excluding tert-OH is 2. The van der Waals surface area contributed by atoms with Crippen molar-refractivity contribution in [3.63, 3.8) is 0 Å². The van der Waals surface area contributed by atoms with Gasteiger partial charge in [-0.05, 0) is 122 Å². The third kappa shape index (κ3) is 45.3. The van der Waals surface area contributed by atoms with Crippen molar-refractivity contribution in [2.45, 2.75) is 276 Å². The van der Waals surface area contributed by atoms with Gasteiger partial charge in [-0.25, -0.2) is 4.79 Å². The molecule has 6 unspecified atom stereocenters. The molecule has 0 saturated carbocycles. The van der Waals surface area contributed by atoms with Crippen LogP contribution in [0.3, 0.4) is 0 Å². The van der Waals surface area contributed by atoms with Gasteiger partial charge in [-0.3, -0.25) is 14.4 Å². The van der Waals surface area contributed by atoms with Crippen LogP contribution in [0.25, 0.3) is 0 Å². The molecule has 458 valence electrons. The Balaban J connectivity index is 2.74. The van der Waals surface area contributed by atoms with Crippen molar-refractivity contribution in [2.24, 2.45) is 0 Å². The third-order valence-corrected chi connectivity index (χ3v) is 13.5. The molecule has 0 bridgehead atoms. The Labute approximate surface area is 490 Å². The van der Waals surface area contributed by atoms with Crippen molar-refractivity contribution in [1.29, 1.82) is 0 Å². The summed E-state index contributed by atoms with van der Waals surface area (Å²) in [5.74, 6) is -3.27. The Hall–Kier alpha value is -4.88. The summed E-state index contributed by atoms with van der Waals surface area (Å²) < 4.78 is 28.4. The first-order valence-corrected chi connectivity index (χ1v) is 31.5. The standard InChI is InChI=1S/C69H110O12/c1-4-7-10-13-16-19-22-25-27-29-31-33-35-38-40-43-46-49-52-55-61(70)77-58-60(79-62(71)56-53-50-47-44-42-39-36-34-32-30-28-26-23-20-17-14-11-8-5-2)59-78-69-67(65(74)64(73)66(81-69)68(75)76)80-63(72)57-54-51-48-45-41-37-24-21-18-15-12-9-6-3/h7,10,16-17,19-21,24-28,31-34,38,40,46,49,60,64-67,69,73-74H,4-6,8-9,11-15,18,22-23,29-30,35-37,39,41-45,47-48,50-59H2,1-3H3,(H,75,76)/b10-7-,19-16-,20-17-,24-21-,27-25-,28-26-,33-31-,34-32-,40-38-,49-46-. The van der Waals surface area contributed by atoms with E-state index in [1.54, 1.807) is 0 Å². The van der Waals surface area contributed by atoms with Crippen molar-refractivity contribution in [2.75, 3.05) is 13.2 Å². The molecule has 0 aromatic carbocycles. The van der Waals surface area contributed by atoms with E-state index >= 15 is 0 Å². The second-order valence-electron chi connectivity index (χ2n) is 20.9. The van der Waals surface area contributed by atoms with Crippen LogP contribution in [0, 0.1) is 0 Å². The molecule has 1 heterocycles. The number of carboxylic acids is 1. The average Bonchev–Trinajstić information content (AvgIpc) is 3.46. The number of ether oxygens (including phenoxy) is 5.